The molecule has 11 heteroatoms. The van der Waals surface area contributed by atoms with Gasteiger partial charge >= 0.3 is 0 Å². The molecule has 0 saturated carbocycles. The van der Waals surface area contributed by atoms with Crippen molar-refractivity contribution in [3.63, 3.8) is 0 Å². The third kappa shape index (κ3) is 5.39. The molecular formula is C23H26ClFN4O4S. The van der Waals surface area contributed by atoms with Gasteiger partial charge in [0, 0.05) is 29.7 Å². The molecule has 1 N–H and O–H groups in total. The Balaban J connectivity index is 1.53. The van der Waals surface area contributed by atoms with Crippen molar-refractivity contribution in [3.05, 3.63) is 64.2 Å². The van der Waals surface area contributed by atoms with Gasteiger partial charge in [-0.3, -0.25) is 4.79 Å². The molecule has 182 valence electrons. The smallest absolute Gasteiger partial charge is 0.271 e. The summed E-state index contributed by atoms with van der Waals surface area (Å²) in [6.07, 6.45) is 6.98. The molecule has 0 unspecified atom stereocenters. The normalized spacial score (nSPS) is 20.8. The van der Waals surface area contributed by atoms with Crippen LogP contribution in [0.25, 0.3) is 0 Å². The maximum Gasteiger partial charge on any atom is 0.271 e. The van der Waals surface area contributed by atoms with Crippen LogP contribution in [0.2, 0.25) is 5.02 Å². The van der Waals surface area contributed by atoms with Gasteiger partial charge in [-0.25, -0.2) is 22.8 Å². The number of nitrogens with zero attached hydrogens (tertiary/aromatic N) is 3. The monoisotopic (exact) mass is 508 g/mol. The summed E-state index contributed by atoms with van der Waals surface area (Å²) in [5.41, 5.74) is 0.826. The lowest BCUT2D eigenvalue weighted by Gasteiger charge is -2.51. The first-order chi connectivity index (χ1) is 16.1. The lowest BCUT2D eigenvalue weighted by molar-refractivity contribution is -0.130. The van der Waals surface area contributed by atoms with Crippen LogP contribution in [0.5, 0.6) is 0 Å². The van der Waals surface area contributed by atoms with E-state index in [9.17, 15) is 17.6 Å². The number of halogens is 2. The summed E-state index contributed by atoms with van der Waals surface area (Å²) in [6.45, 7) is 3.65. The highest BCUT2D eigenvalue weighted by Crippen LogP contribution is 2.48. The SMILES string of the molecule is C[C@H](/C=C/S(C)(=O)=O)NC(=O)c1cnc(N2CCC3(COC3)C[C@@H]2c2cccc(F)c2Cl)cn1. The van der Waals surface area contributed by atoms with Crippen molar-refractivity contribution in [2.24, 2.45) is 5.41 Å². The van der Waals surface area contributed by atoms with Crippen LogP contribution >= 0.6 is 11.6 Å². The third-order valence-electron chi connectivity index (χ3n) is 6.18. The Kier molecular flexibility index (Phi) is 6.93. The fourth-order valence-corrected chi connectivity index (χ4v) is 5.07. The van der Waals surface area contributed by atoms with Crippen LogP contribution in [-0.2, 0) is 14.6 Å². The molecule has 2 aliphatic rings. The highest BCUT2D eigenvalue weighted by molar-refractivity contribution is 7.93. The Bertz CT molecular complexity index is 1200. The van der Waals surface area contributed by atoms with Gasteiger partial charge in [0.15, 0.2) is 9.84 Å². The molecule has 1 amide bonds. The van der Waals surface area contributed by atoms with Gasteiger partial charge in [0.1, 0.15) is 17.3 Å². The molecule has 1 spiro atoms. The highest BCUT2D eigenvalue weighted by Gasteiger charge is 2.46. The predicted molar refractivity (Wildman–Crippen MR) is 127 cm³/mol. The Morgan fingerprint density at radius 3 is 2.74 bits per heavy atom. The lowest BCUT2D eigenvalue weighted by atomic mass is 9.72. The maximum atomic E-state index is 14.2. The van der Waals surface area contributed by atoms with Crippen LogP contribution in [0.15, 0.2) is 42.1 Å². The van der Waals surface area contributed by atoms with E-state index in [-0.39, 0.29) is 22.2 Å². The molecule has 0 radical (unpaired) electrons. The summed E-state index contributed by atoms with van der Waals surface area (Å²) in [5.74, 6) is -0.388. The number of rotatable bonds is 6. The Morgan fingerprint density at radius 2 is 2.12 bits per heavy atom. The van der Waals surface area contributed by atoms with E-state index in [2.05, 4.69) is 15.3 Å². The zero-order valence-corrected chi connectivity index (χ0v) is 20.4. The van der Waals surface area contributed by atoms with Crippen molar-refractivity contribution in [1.82, 2.24) is 15.3 Å². The summed E-state index contributed by atoms with van der Waals surface area (Å²) >= 11 is 6.34. The number of nitrogens with one attached hydrogen (secondary N) is 1. The first-order valence-electron chi connectivity index (χ1n) is 10.9. The zero-order chi connectivity index (χ0) is 24.5. The summed E-state index contributed by atoms with van der Waals surface area (Å²) in [4.78, 5) is 23.2. The van der Waals surface area contributed by atoms with Crippen LogP contribution in [0.4, 0.5) is 10.2 Å². The first kappa shape index (κ1) is 24.6. The van der Waals surface area contributed by atoms with Gasteiger partial charge in [-0.05, 0) is 31.4 Å². The summed E-state index contributed by atoms with van der Waals surface area (Å²) in [5, 5.41) is 3.80. The molecule has 8 nitrogen and oxygen atoms in total. The minimum absolute atomic E-state index is 0.0414. The Hall–Kier alpha value is -2.56. The van der Waals surface area contributed by atoms with Crippen molar-refractivity contribution in [2.75, 3.05) is 30.9 Å². The van der Waals surface area contributed by atoms with Gasteiger partial charge in [0.2, 0.25) is 0 Å². The molecule has 2 aliphatic heterocycles. The number of carbonyl (C=O) groups is 1. The first-order valence-corrected chi connectivity index (χ1v) is 13.2. The Labute approximate surface area is 203 Å². The summed E-state index contributed by atoms with van der Waals surface area (Å²) < 4.78 is 42.2. The molecule has 0 bridgehead atoms. The van der Waals surface area contributed by atoms with E-state index in [0.29, 0.717) is 31.1 Å². The zero-order valence-electron chi connectivity index (χ0n) is 18.9. The molecule has 34 heavy (non-hydrogen) atoms. The number of piperidine rings is 1. The maximum absolute atomic E-state index is 14.2. The van der Waals surface area contributed by atoms with Gasteiger partial charge in [-0.2, -0.15) is 0 Å². The van der Waals surface area contributed by atoms with Gasteiger partial charge in [-0.1, -0.05) is 29.8 Å². The van der Waals surface area contributed by atoms with Crippen LogP contribution in [-0.4, -0.2) is 56.3 Å². The van der Waals surface area contributed by atoms with Gasteiger partial charge < -0.3 is 15.0 Å². The molecule has 4 rings (SSSR count). The van der Waals surface area contributed by atoms with E-state index in [0.717, 1.165) is 24.5 Å². The molecule has 3 heterocycles. The van der Waals surface area contributed by atoms with E-state index in [1.165, 1.54) is 24.5 Å². The van der Waals surface area contributed by atoms with Crippen LogP contribution in [0.3, 0.4) is 0 Å². The number of benzene rings is 1. The molecular weight excluding hydrogens is 483 g/mol. The van der Waals surface area contributed by atoms with E-state index in [1.54, 1.807) is 13.0 Å². The molecule has 1 aromatic carbocycles. The van der Waals surface area contributed by atoms with Gasteiger partial charge in [-0.15, -0.1) is 0 Å². The second-order valence-corrected chi connectivity index (χ2v) is 11.3. The standard InChI is InChI=1S/C23H26ClFN4O4S/c1-15(6-9-34(2,31)32)28-22(30)18-11-27-20(12-26-18)29-8-7-23(13-33-14-23)10-19(29)16-4-3-5-17(25)21(16)24/h3-6,9,11-12,15,19H,7-8,10,13-14H2,1-2H3,(H,28,30)/b9-6+/t15-,19-/m1/s1. The number of carbonyl (C=O) groups excluding carboxylic acids is 1. The second kappa shape index (κ2) is 9.59. The number of amides is 1. The van der Waals surface area contributed by atoms with Crippen molar-refractivity contribution >= 4 is 33.2 Å². The van der Waals surface area contributed by atoms with Gasteiger partial charge in [0.05, 0.1) is 36.7 Å². The topological polar surface area (TPSA) is 101 Å². The number of anilines is 1. The van der Waals surface area contributed by atoms with E-state index in [1.807, 2.05) is 11.0 Å². The molecule has 2 saturated heterocycles. The van der Waals surface area contributed by atoms with Crippen LogP contribution < -0.4 is 10.2 Å². The highest BCUT2D eigenvalue weighted by atomic mass is 35.5. The van der Waals surface area contributed by atoms with E-state index in [4.69, 9.17) is 16.3 Å². The molecule has 1 aromatic heterocycles. The average molecular weight is 509 g/mol. The van der Waals surface area contributed by atoms with Gasteiger partial charge in [0.25, 0.3) is 5.91 Å². The van der Waals surface area contributed by atoms with Crippen LogP contribution in [0, 0.1) is 11.2 Å². The summed E-state index contributed by atoms with van der Waals surface area (Å²) in [7, 11) is -3.28. The fourth-order valence-electron chi connectivity index (χ4n) is 4.29. The fraction of sp³-hybridized carbons (Fsp3) is 0.435. The minimum Gasteiger partial charge on any atom is -0.380 e. The number of hydrogen-bond donors (Lipinski definition) is 1. The number of sulfone groups is 1. The minimum atomic E-state index is -3.28. The third-order valence-corrected chi connectivity index (χ3v) is 7.23. The largest absolute Gasteiger partial charge is 0.380 e. The van der Waals surface area contributed by atoms with E-state index >= 15 is 0 Å². The Morgan fingerprint density at radius 1 is 1.35 bits per heavy atom. The quantitative estimate of drug-likeness (QED) is 0.638. The molecule has 2 atom stereocenters. The van der Waals surface area contributed by atoms with Crippen LogP contribution in [0.1, 0.15) is 41.9 Å². The van der Waals surface area contributed by atoms with Crippen molar-refractivity contribution in [1.29, 1.82) is 0 Å². The number of hydrogen-bond acceptors (Lipinski definition) is 7. The van der Waals surface area contributed by atoms with E-state index < -0.39 is 27.6 Å². The molecule has 2 aromatic rings. The summed E-state index contributed by atoms with van der Waals surface area (Å²) in [6, 6.07) is 4.08. The number of aromatic nitrogens is 2. The molecule has 0 aliphatic carbocycles. The van der Waals surface area contributed by atoms with Crippen molar-refractivity contribution in [2.45, 2.75) is 31.8 Å². The average Bonchev–Trinajstić information content (AvgIpc) is 2.78. The molecule has 2 fully saturated rings. The van der Waals surface area contributed by atoms with Crippen molar-refractivity contribution in [3.8, 4) is 0 Å². The lowest BCUT2D eigenvalue weighted by Crippen LogP contribution is -2.52. The van der Waals surface area contributed by atoms with Crippen molar-refractivity contribution < 1.29 is 22.3 Å². The number of ether oxygens (including phenoxy) is 1. The predicted octanol–water partition coefficient (Wildman–Crippen LogP) is 3.30. The second-order valence-electron chi connectivity index (χ2n) is 8.98.